The van der Waals surface area contributed by atoms with Gasteiger partial charge in [-0.3, -0.25) is 14.8 Å². The highest BCUT2D eigenvalue weighted by Crippen LogP contribution is 2.16. The molecule has 120 valence electrons. The summed E-state index contributed by atoms with van der Waals surface area (Å²) in [6.45, 7) is 0. The minimum absolute atomic E-state index is 0.178. The van der Waals surface area contributed by atoms with Crippen molar-refractivity contribution in [2.24, 2.45) is 4.99 Å². The Labute approximate surface area is 135 Å². The average Bonchev–Trinajstić information content (AvgIpc) is 2.57. The van der Waals surface area contributed by atoms with Crippen molar-refractivity contribution in [2.75, 3.05) is 0 Å². The number of benzene rings is 2. The number of nitrogens with zero attached hydrogens (tertiary/aromatic N) is 2. The van der Waals surface area contributed by atoms with Gasteiger partial charge in [-0.05, 0) is 36.4 Å². The second kappa shape index (κ2) is 6.33. The van der Waals surface area contributed by atoms with E-state index in [1.54, 1.807) is 30.3 Å². The highest BCUT2D eigenvalue weighted by Gasteiger charge is 2.13. The van der Waals surface area contributed by atoms with Gasteiger partial charge in [0.2, 0.25) is 5.88 Å². The van der Waals surface area contributed by atoms with E-state index in [4.69, 9.17) is 0 Å². The lowest BCUT2D eigenvalue weighted by Crippen LogP contribution is -2.31. The van der Waals surface area contributed by atoms with Crippen molar-refractivity contribution in [3.05, 3.63) is 86.8 Å². The number of aromatic hydroxyl groups is 1. The molecule has 0 saturated carbocycles. The van der Waals surface area contributed by atoms with Crippen LogP contribution in [-0.4, -0.2) is 20.9 Å². The Bertz CT molecular complexity index is 1010. The molecule has 2 aromatic carbocycles. The first kappa shape index (κ1) is 15.4. The van der Waals surface area contributed by atoms with Crippen molar-refractivity contribution in [1.29, 1.82) is 0 Å². The van der Waals surface area contributed by atoms with E-state index in [1.165, 1.54) is 24.3 Å². The summed E-state index contributed by atoms with van der Waals surface area (Å²) < 4.78 is 13.8. The lowest BCUT2D eigenvalue weighted by molar-refractivity contribution is 0.430. The molecule has 0 unspecified atom stereocenters. The maximum absolute atomic E-state index is 12.9. The molecule has 0 atom stereocenters. The van der Waals surface area contributed by atoms with Crippen LogP contribution < -0.4 is 11.2 Å². The Morgan fingerprint density at radius 1 is 1.04 bits per heavy atom. The quantitative estimate of drug-likeness (QED) is 0.723. The van der Waals surface area contributed by atoms with Crippen LogP contribution in [0.4, 0.5) is 10.1 Å². The van der Waals surface area contributed by atoms with E-state index >= 15 is 0 Å². The van der Waals surface area contributed by atoms with E-state index in [9.17, 15) is 19.1 Å². The first-order valence-corrected chi connectivity index (χ1v) is 6.99. The van der Waals surface area contributed by atoms with Crippen LogP contribution >= 0.6 is 0 Å². The van der Waals surface area contributed by atoms with Crippen LogP contribution in [0.5, 0.6) is 5.88 Å². The molecule has 0 fully saturated rings. The van der Waals surface area contributed by atoms with Crippen LogP contribution in [0.15, 0.2) is 69.2 Å². The van der Waals surface area contributed by atoms with Crippen LogP contribution in [-0.2, 0) is 0 Å². The summed E-state index contributed by atoms with van der Waals surface area (Å²) >= 11 is 0. The van der Waals surface area contributed by atoms with Gasteiger partial charge < -0.3 is 5.11 Å². The molecule has 6 nitrogen and oxygen atoms in total. The van der Waals surface area contributed by atoms with Crippen LogP contribution in [0.25, 0.3) is 5.69 Å². The van der Waals surface area contributed by atoms with Gasteiger partial charge in [0.15, 0.2) is 0 Å². The third kappa shape index (κ3) is 3.00. The molecule has 3 aromatic rings. The molecule has 2 N–H and O–H groups in total. The van der Waals surface area contributed by atoms with Crippen molar-refractivity contribution < 1.29 is 9.50 Å². The topological polar surface area (TPSA) is 87.5 Å². The Morgan fingerprint density at radius 2 is 1.71 bits per heavy atom. The molecule has 0 saturated heterocycles. The average molecular weight is 325 g/mol. The molecule has 0 spiro atoms. The molecular weight excluding hydrogens is 313 g/mol. The molecule has 1 heterocycles. The number of aliphatic imine (C=N–C) groups is 1. The Hall–Kier alpha value is -3.48. The van der Waals surface area contributed by atoms with Gasteiger partial charge >= 0.3 is 5.69 Å². The first-order chi connectivity index (χ1) is 11.6. The van der Waals surface area contributed by atoms with Crippen LogP contribution in [0.1, 0.15) is 5.56 Å². The zero-order chi connectivity index (χ0) is 17.1. The van der Waals surface area contributed by atoms with E-state index in [0.29, 0.717) is 11.4 Å². The van der Waals surface area contributed by atoms with Crippen LogP contribution in [0.2, 0.25) is 0 Å². The molecule has 0 bridgehead atoms. The van der Waals surface area contributed by atoms with E-state index < -0.39 is 22.9 Å². The number of nitrogens with one attached hydrogen (secondary N) is 1. The standard InChI is InChI=1S/C17H12FN3O3/c18-11-6-8-12(9-7-11)19-10-14-15(22)20-17(24)21(16(14)23)13-4-2-1-3-5-13/h1-10,23H,(H,20,22,24). The lowest BCUT2D eigenvalue weighted by atomic mass is 10.3. The monoisotopic (exact) mass is 325 g/mol. The molecule has 0 amide bonds. The summed E-state index contributed by atoms with van der Waals surface area (Å²) in [5, 5.41) is 10.3. The number of halogens is 1. The Kier molecular flexibility index (Phi) is 4.07. The van der Waals surface area contributed by atoms with E-state index in [0.717, 1.165) is 10.8 Å². The number of aromatic amines is 1. The highest BCUT2D eigenvalue weighted by atomic mass is 19.1. The molecule has 0 aliphatic heterocycles. The summed E-state index contributed by atoms with van der Waals surface area (Å²) in [5.74, 6) is -0.937. The summed E-state index contributed by atoms with van der Waals surface area (Å²) in [7, 11) is 0. The maximum atomic E-state index is 12.9. The lowest BCUT2D eigenvalue weighted by Gasteiger charge is -2.09. The number of H-pyrrole nitrogens is 1. The SMILES string of the molecule is O=c1[nH]c(=O)n(-c2ccccc2)c(O)c1C=Nc1ccc(F)cc1. The van der Waals surface area contributed by atoms with Crippen LogP contribution in [0, 0.1) is 5.82 Å². The maximum Gasteiger partial charge on any atom is 0.335 e. The zero-order valence-corrected chi connectivity index (χ0v) is 12.3. The molecular formula is C17H12FN3O3. The second-order valence-electron chi connectivity index (χ2n) is 4.90. The summed E-state index contributed by atoms with van der Waals surface area (Å²) in [5.41, 5.74) is -0.915. The number of rotatable bonds is 3. The number of hydrogen-bond donors (Lipinski definition) is 2. The molecule has 3 rings (SSSR count). The number of aromatic nitrogens is 2. The van der Waals surface area contributed by atoms with Crippen molar-refractivity contribution >= 4 is 11.9 Å². The van der Waals surface area contributed by atoms with Gasteiger partial charge in [-0.25, -0.2) is 13.8 Å². The molecule has 7 heteroatoms. The molecule has 0 radical (unpaired) electrons. The summed E-state index contributed by atoms with van der Waals surface area (Å²) in [4.78, 5) is 30.1. The van der Waals surface area contributed by atoms with E-state index in [2.05, 4.69) is 9.98 Å². The molecule has 0 aliphatic rings. The first-order valence-electron chi connectivity index (χ1n) is 6.99. The van der Waals surface area contributed by atoms with E-state index in [-0.39, 0.29) is 5.56 Å². The largest absolute Gasteiger partial charge is 0.493 e. The number of para-hydroxylation sites is 1. The normalized spacial score (nSPS) is 11.0. The predicted octanol–water partition coefficient (Wildman–Crippen LogP) is 2.12. The fourth-order valence-electron chi connectivity index (χ4n) is 2.14. The van der Waals surface area contributed by atoms with Crippen LogP contribution in [0.3, 0.4) is 0 Å². The minimum Gasteiger partial charge on any atom is -0.493 e. The van der Waals surface area contributed by atoms with Gasteiger partial charge in [0.25, 0.3) is 5.56 Å². The minimum atomic E-state index is -0.768. The Balaban J connectivity index is 2.10. The third-order valence-electron chi connectivity index (χ3n) is 3.30. The molecule has 24 heavy (non-hydrogen) atoms. The van der Waals surface area contributed by atoms with Crippen molar-refractivity contribution in [3.63, 3.8) is 0 Å². The predicted molar refractivity (Wildman–Crippen MR) is 88.0 cm³/mol. The highest BCUT2D eigenvalue weighted by molar-refractivity contribution is 5.84. The van der Waals surface area contributed by atoms with Crippen molar-refractivity contribution in [1.82, 2.24) is 9.55 Å². The second-order valence-corrected chi connectivity index (χ2v) is 4.90. The summed E-state index contributed by atoms with van der Waals surface area (Å²) in [6, 6.07) is 13.7. The number of hydrogen-bond acceptors (Lipinski definition) is 4. The van der Waals surface area contributed by atoms with Gasteiger partial charge in [0.1, 0.15) is 11.4 Å². The zero-order valence-electron chi connectivity index (χ0n) is 12.3. The van der Waals surface area contributed by atoms with Gasteiger partial charge in [-0.15, -0.1) is 0 Å². The fourth-order valence-corrected chi connectivity index (χ4v) is 2.14. The smallest absolute Gasteiger partial charge is 0.335 e. The van der Waals surface area contributed by atoms with Crippen molar-refractivity contribution in [2.45, 2.75) is 0 Å². The third-order valence-corrected chi connectivity index (χ3v) is 3.30. The van der Waals surface area contributed by atoms with Gasteiger partial charge in [-0.1, -0.05) is 18.2 Å². The summed E-state index contributed by atoms with van der Waals surface area (Å²) in [6.07, 6.45) is 1.13. The van der Waals surface area contributed by atoms with E-state index in [1.807, 2.05) is 0 Å². The van der Waals surface area contributed by atoms with Gasteiger partial charge in [0, 0.05) is 6.21 Å². The Morgan fingerprint density at radius 3 is 2.38 bits per heavy atom. The molecule has 1 aromatic heterocycles. The fraction of sp³-hybridized carbons (Fsp3) is 0. The molecule has 0 aliphatic carbocycles. The van der Waals surface area contributed by atoms with Crippen molar-refractivity contribution in [3.8, 4) is 11.6 Å². The van der Waals surface area contributed by atoms with Gasteiger partial charge in [-0.2, -0.15) is 0 Å². The van der Waals surface area contributed by atoms with Gasteiger partial charge in [0.05, 0.1) is 11.4 Å².